The molecule has 2 aromatic heterocycles. The monoisotopic (exact) mass is 414 g/mol. The van der Waals surface area contributed by atoms with E-state index in [1.165, 1.54) is 4.68 Å². The molecule has 0 saturated heterocycles. The van der Waals surface area contributed by atoms with Crippen LogP contribution in [-0.2, 0) is 13.6 Å². The number of para-hydroxylation sites is 1. The Balaban J connectivity index is 1.66. The largest absolute Gasteiger partial charge is 0.497 e. The normalized spacial score (nSPS) is 16.1. The Morgan fingerprint density at radius 3 is 2.55 bits per heavy atom. The van der Waals surface area contributed by atoms with Gasteiger partial charge >= 0.3 is 0 Å². The summed E-state index contributed by atoms with van der Waals surface area (Å²) in [5, 5.41) is 5.25. The van der Waals surface area contributed by atoms with E-state index in [9.17, 15) is 9.59 Å². The zero-order valence-corrected chi connectivity index (χ0v) is 17.6. The van der Waals surface area contributed by atoms with E-state index in [2.05, 4.69) is 5.10 Å². The Labute approximate surface area is 179 Å². The first kappa shape index (κ1) is 19.1. The van der Waals surface area contributed by atoms with Crippen molar-refractivity contribution in [2.45, 2.75) is 19.5 Å². The number of ether oxygens (including phenoxy) is 1. The maximum Gasteiger partial charge on any atom is 0.275 e. The first-order valence-electron chi connectivity index (χ1n) is 10.1. The third-order valence-electron chi connectivity index (χ3n) is 5.80. The van der Waals surface area contributed by atoms with Crippen LogP contribution in [0.4, 0.5) is 0 Å². The molecule has 1 amide bonds. The number of carbonyl (C=O) groups excluding carboxylic acids is 2. The highest BCUT2D eigenvalue weighted by molar-refractivity contribution is 6.05. The number of hydrogen-bond donors (Lipinski definition) is 0. The molecule has 0 radical (unpaired) electrons. The molecule has 7 heteroatoms. The fourth-order valence-corrected chi connectivity index (χ4v) is 4.32. The topological polar surface area (TPSA) is 69.4 Å². The molecule has 0 spiro atoms. The average molecular weight is 414 g/mol. The van der Waals surface area contributed by atoms with E-state index < -0.39 is 6.04 Å². The number of rotatable bonds is 4. The second kappa shape index (κ2) is 7.12. The Hall–Kier alpha value is -3.87. The highest BCUT2D eigenvalue weighted by atomic mass is 16.5. The molecular weight excluding hydrogens is 392 g/mol. The van der Waals surface area contributed by atoms with Gasteiger partial charge in [-0.1, -0.05) is 30.3 Å². The molecule has 2 aromatic carbocycles. The van der Waals surface area contributed by atoms with Gasteiger partial charge in [-0.05, 0) is 36.8 Å². The molecule has 1 aliphatic heterocycles. The number of aryl methyl sites for hydroxylation is 2. The van der Waals surface area contributed by atoms with Crippen LogP contribution < -0.4 is 4.74 Å². The zero-order valence-electron chi connectivity index (χ0n) is 17.6. The molecule has 1 atom stereocenters. The minimum Gasteiger partial charge on any atom is -0.497 e. The Morgan fingerprint density at radius 2 is 1.81 bits per heavy atom. The first-order valence-corrected chi connectivity index (χ1v) is 10.1. The predicted octanol–water partition coefficient (Wildman–Crippen LogP) is 3.73. The smallest absolute Gasteiger partial charge is 0.275 e. The molecule has 7 nitrogen and oxygen atoms in total. The van der Waals surface area contributed by atoms with E-state index in [4.69, 9.17) is 4.74 Å². The van der Waals surface area contributed by atoms with E-state index in [1.807, 2.05) is 66.3 Å². The molecule has 31 heavy (non-hydrogen) atoms. The molecule has 3 heterocycles. The van der Waals surface area contributed by atoms with Gasteiger partial charge in [0.25, 0.3) is 11.8 Å². The number of methoxy groups -OCH3 is 1. The summed E-state index contributed by atoms with van der Waals surface area (Å²) in [5.74, 6) is 0.297. The number of amides is 1. The maximum atomic E-state index is 13.6. The highest BCUT2D eigenvalue weighted by Gasteiger charge is 2.42. The zero-order chi connectivity index (χ0) is 21.7. The van der Waals surface area contributed by atoms with E-state index in [1.54, 1.807) is 25.0 Å². The van der Waals surface area contributed by atoms with Crippen LogP contribution in [0.3, 0.4) is 0 Å². The van der Waals surface area contributed by atoms with Gasteiger partial charge in [0.15, 0.2) is 0 Å². The molecule has 156 valence electrons. The van der Waals surface area contributed by atoms with Gasteiger partial charge in [0.05, 0.1) is 12.8 Å². The van der Waals surface area contributed by atoms with Crippen LogP contribution in [0.25, 0.3) is 10.9 Å². The highest BCUT2D eigenvalue weighted by Crippen LogP contribution is 2.36. The molecule has 1 unspecified atom stereocenters. The van der Waals surface area contributed by atoms with Gasteiger partial charge in [-0.25, -0.2) is 0 Å². The van der Waals surface area contributed by atoms with E-state index >= 15 is 0 Å². The molecule has 5 rings (SSSR count). The minimum atomic E-state index is -0.771. The van der Waals surface area contributed by atoms with Crippen molar-refractivity contribution in [2.24, 2.45) is 7.05 Å². The lowest BCUT2D eigenvalue weighted by atomic mass is 10.00. The second-order valence-electron chi connectivity index (χ2n) is 7.82. The van der Waals surface area contributed by atoms with Gasteiger partial charge in [-0.3, -0.25) is 9.59 Å². The van der Waals surface area contributed by atoms with Crippen molar-refractivity contribution >= 4 is 22.7 Å². The van der Waals surface area contributed by atoms with Crippen LogP contribution >= 0.6 is 0 Å². The summed E-state index contributed by atoms with van der Waals surface area (Å²) in [6.45, 7) is 2.08. The van der Waals surface area contributed by atoms with Crippen molar-refractivity contribution in [2.75, 3.05) is 7.11 Å². The van der Waals surface area contributed by atoms with Crippen LogP contribution in [-0.4, -0.2) is 38.2 Å². The van der Waals surface area contributed by atoms with Crippen LogP contribution in [0, 0.1) is 6.92 Å². The van der Waals surface area contributed by atoms with Crippen molar-refractivity contribution in [3.8, 4) is 5.75 Å². The molecular formula is C24H22N4O3. The van der Waals surface area contributed by atoms with E-state index in [0.29, 0.717) is 17.9 Å². The van der Waals surface area contributed by atoms with Crippen LogP contribution in [0.5, 0.6) is 5.75 Å². The van der Waals surface area contributed by atoms with Gasteiger partial charge in [0, 0.05) is 36.3 Å². The molecule has 1 aliphatic rings. The van der Waals surface area contributed by atoms with Gasteiger partial charge in [-0.15, -0.1) is 0 Å². The molecule has 0 N–H and O–H groups in total. The van der Waals surface area contributed by atoms with Crippen LogP contribution in [0.15, 0.2) is 60.8 Å². The molecule has 0 bridgehead atoms. The van der Waals surface area contributed by atoms with Crippen molar-refractivity contribution in [3.05, 3.63) is 83.3 Å². The number of hydrogen-bond acceptors (Lipinski definition) is 4. The van der Waals surface area contributed by atoms with Crippen molar-refractivity contribution in [1.29, 1.82) is 0 Å². The second-order valence-corrected chi connectivity index (χ2v) is 7.82. The lowest BCUT2D eigenvalue weighted by Crippen LogP contribution is -2.46. The fourth-order valence-electron chi connectivity index (χ4n) is 4.32. The molecule has 0 saturated carbocycles. The summed E-state index contributed by atoms with van der Waals surface area (Å²) in [4.78, 5) is 28.8. The summed E-state index contributed by atoms with van der Waals surface area (Å²) in [7, 11) is 3.56. The standard InChI is InChI=1S/C24H22N4O3/c1-15-12-21-23(29)27(13-16-8-10-17(31-3)11-9-16)22(24(30)28(21)25-15)19-14-26(2)20-7-5-4-6-18(19)20/h4-12,14,22H,13H2,1-3H3. The Kier molecular flexibility index (Phi) is 4.39. The van der Waals surface area contributed by atoms with Gasteiger partial charge in [-0.2, -0.15) is 9.78 Å². The summed E-state index contributed by atoms with van der Waals surface area (Å²) in [5.41, 5.74) is 3.65. The summed E-state index contributed by atoms with van der Waals surface area (Å²) >= 11 is 0. The third kappa shape index (κ3) is 3.01. The van der Waals surface area contributed by atoms with Crippen molar-refractivity contribution in [3.63, 3.8) is 0 Å². The number of carbonyl (C=O) groups is 2. The summed E-state index contributed by atoms with van der Waals surface area (Å²) in [6, 6.07) is 16.3. The van der Waals surface area contributed by atoms with Crippen molar-refractivity contribution in [1.82, 2.24) is 19.2 Å². The number of nitrogens with zero attached hydrogens (tertiary/aromatic N) is 4. The molecule has 0 fully saturated rings. The lowest BCUT2D eigenvalue weighted by Gasteiger charge is -2.34. The molecule has 4 aromatic rings. The maximum absolute atomic E-state index is 13.6. The number of fused-ring (bicyclic) bond motifs is 2. The number of benzene rings is 2. The Bertz CT molecular complexity index is 1320. The minimum absolute atomic E-state index is 0.214. The van der Waals surface area contributed by atoms with Gasteiger partial charge in [0.1, 0.15) is 17.5 Å². The number of aromatic nitrogens is 3. The van der Waals surface area contributed by atoms with Crippen LogP contribution in [0.2, 0.25) is 0 Å². The first-order chi connectivity index (χ1) is 15.0. The summed E-state index contributed by atoms with van der Waals surface area (Å²) < 4.78 is 8.48. The third-order valence-corrected chi connectivity index (χ3v) is 5.80. The fraction of sp³-hybridized carbons (Fsp3) is 0.208. The SMILES string of the molecule is COc1ccc(CN2C(=O)c3cc(C)nn3C(=O)C2c2cn(C)c3ccccc23)cc1. The quantitative estimate of drug-likeness (QED) is 0.510. The predicted molar refractivity (Wildman–Crippen MR) is 116 cm³/mol. The van der Waals surface area contributed by atoms with E-state index in [-0.39, 0.29) is 11.8 Å². The Morgan fingerprint density at radius 1 is 1.06 bits per heavy atom. The van der Waals surface area contributed by atoms with Crippen molar-refractivity contribution < 1.29 is 14.3 Å². The summed E-state index contributed by atoms with van der Waals surface area (Å²) in [6.07, 6.45) is 1.93. The molecule has 0 aliphatic carbocycles. The lowest BCUT2D eigenvalue weighted by molar-refractivity contribution is 0.0473. The van der Waals surface area contributed by atoms with Gasteiger partial charge < -0.3 is 14.2 Å². The van der Waals surface area contributed by atoms with E-state index in [0.717, 1.165) is 27.8 Å². The van der Waals surface area contributed by atoms with Gasteiger partial charge in [0.2, 0.25) is 0 Å². The van der Waals surface area contributed by atoms with Crippen LogP contribution in [0.1, 0.15) is 38.1 Å². The average Bonchev–Trinajstić information content (AvgIpc) is 3.33.